The number of amides is 1. The zero-order valence-corrected chi connectivity index (χ0v) is 14.5. The Morgan fingerprint density at radius 1 is 0.800 bits per heavy atom. The van der Waals surface area contributed by atoms with Gasteiger partial charge in [-0.25, -0.2) is 8.42 Å². The van der Waals surface area contributed by atoms with Crippen molar-refractivity contribution in [1.29, 1.82) is 0 Å². The number of fused-ring (bicyclic) bond motifs is 2. The lowest BCUT2D eigenvalue weighted by atomic mass is 10.1. The maximum Gasteiger partial charge on any atom is 0.262 e. The van der Waals surface area contributed by atoms with E-state index < -0.39 is 9.84 Å². The van der Waals surface area contributed by atoms with Crippen LogP contribution < -0.4 is 4.90 Å². The number of carbonyl (C=O) groups excluding carboxylic acids is 1. The second-order valence-corrected chi connectivity index (χ2v) is 7.91. The van der Waals surface area contributed by atoms with Crippen molar-refractivity contribution >= 4 is 38.7 Å². The van der Waals surface area contributed by atoms with E-state index in [9.17, 15) is 13.2 Å². The lowest BCUT2D eigenvalue weighted by molar-refractivity contribution is 0.0998. The predicted molar refractivity (Wildman–Crippen MR) is 96.3 cm³/mol. The van der Waals surface area contributed by atoms with E-state index in [-0.39, 0.29) is 15.7 Å². The first kappa shape index (κ1) is 15.9. The zero-order chi connectivity index (χ0) is 17.6. The number of anilines is 2. The van der Waals surface area contributed by atoms with Crippen molar-refractivity contribution in [3.05, 3.63) is 83.4 Å². The molecule has 0 saturated heterocycles. The highest BCUT2D eigenvalue weighted by Crippen LogP contribution is 2.44. The van der Waals surface area contributed by atoms with Crippen molar-refractivity contribution < 1.29 is 13.2 Å². The summed E-state index contributed by atoms with van der Waals surface area (Å²) in [6.07, 6.45) is 0. The van der Waals surface area contributed by atoms with E-state index in [1.807, 2.05) is 0 Å². The summed E-state index contributed by atoms with van der Waals surface area (Å²) in [7, 11) is -3.68. The Kier molecular flexibility index (Phi) is 3.63. The molecule has 1 amide bonds. The Labute approximate surface area is 150 Å². The van der Waals surface area contributed by atoms with Gasteiger partial charge >= 0.3 is 0 Å². The molecule has 4 rings (SSSR count). The van der Waals surface area contributed by atoms with E-state index in [0.29, 0.717) is 22.0 Å². The molecule has 0 atom stereocenters. The molecule has 4 nitrogen and oxygen atoms in total. The van der Waals surface area contributed by atoms with Gasteiger partial charge in [0.15, 0.2) is 0 Å². The van der Waals surface area contributed by atoms with Crippen LogP contribution in [0.15, 0.2) is 82.6 Å². The highest BCUT2D eigenvalue weighted by molar-refractivity contribution is 7.92. The fourth-order valence-electron chi connectivity index (χ4n) is 2.96. The number of nitrogens with zero attached hydrogens (tertiary/aromatic N) is 1. The summed E-state index contributed by atoms with van der Waals surface area (Å²) >= 11 is 6.01. The van der Waals surface area contributed by atoms with Gasteiger partial charge in [0.05, 0.1) is 21.2 Å². The normalized spacial score (nSPS) is 14.5. The molecule has 0 unspecified atom stereocenters. The van der Waals surface area contributed by atoms with Crippen LogP contribution in [0, 0.1) is 0 Å². The number of benzene rings is 3. The summed E-state index contributed by atoms with van der Waals surface area (Å²) in [5, 5.41) is 0.442. The third kappa shape index (κ3) is 2.44. The van der Waals surface area contributed by atoms with Gasteiger partial charge in [-0.15, -0.1) is 0 Å². The molecule has 124 valence electrons. The van der Waals surface area contributed by atoms with Gasteiger partial charge in [-0.2, -0.15) is 0 Å². The van der Waals surface area contributed by atoms with Gasteiger partial charge in [0.25, 0.3) is 5.91 Å². The number of hydrogen-bond acceptors (Lipinski definition) is 3. The van der Waals surface area contributed by atoms with Gasteiger partial charge in [-0.05, 0) is 42.5 Å². The predicted octanol–water partition coefficient (Wildman–Crippen LogP) is 4.46. The van der Waals surface area contributed by atoms with Gasteiger partial charge in [-0.1, -0.05) is 41.9 Å². The van der Waals surface area contributed by atoms with Crippen LogP contribution in [-0.2, 0) is 9.84 Å². The van der Waals surface area contributed by atoms with Crippen molar-refractivity contribution in [3.8, 4) is 0 Å². The van der Waals surface area contributed by atoms with Gasteiger partial charge < -0.3 is 0 Å². The van der Waals surface area contributed by atoms with E-state index in [4.69, 9.17) is 11.6 Å². The highest BCUT2D eigenvalue weighted by Gasteiger charge is 2.36. The quantitative estimate of drug-likeness (QED) is 0.636. The SMILES string of the molecule is O=C(c1cccc(Cl)c1)N1c2ccccc2S(=O)(=O)c2ccccc21. The molecule has 25 heavy (non-hydrogen) atoms. The molecule has 0 aromatic heterocycles. The van der Waals surface area contributed by atoms with Crippen LogP contribution in [0.3, 0.4) is 0 Å². The monoisotopic (exact) mass is 369 g/mol. The highest BCUT2D eigenvalue weighted by atomic mass is 35.5. The second kappa shape index (κ2) is 5.72. The summed E-state index contributed by atoms with van der Waals surface area (Å²) in [4.78, 5) is 14.8. The average molecular weight is 370 g/mol. The molecule has 0 saturated carbocycles. The molecule has 6 heteroatoms. The Morgan fingerprint density at radius 3 is 1.92 bits per heavy atom. The van der Waals surface area contributed by atoms with Gasteiger partial charge in [-0.3, -0.25) is 9.69 Å². The first-order valence-corrected chi connectivity index (χ1v) is 9.39. The molecule has 0 aliphatic carbocycles. The number of hydrogen-bond donors (Lipinski definition) is 0. The standard InChI is InChI=1S/C19H12ClNO3S/c20-14-7-5-6-13(12-14)19(22)21-15-8-1-3-10-17(15)25(23,24)18-11-4-2-9-16(18)21/h1-12H. The molecular weight excluding hydrogens is 358 g/mol. The van der Waals surface area contributed by atoms with E-state index in [0.717, 1.165) is 0 Å². The summed E-state index contributed by atoms with van der Waals surface area (Å²) in [6.45, 7) is 0. The summed E-state index contributed by atoms with van der Waals surface area (Å²) in [6, 6.07) is 19.6. The molecule has 0 bridgehead atoms. The van der Waals surface area contributed by atoms with Crippen LogP contribution in [-0.4, -0.2) is 14.3 Å². The molecule has 0 spiro atoms. The summed E-state index contributed by atoms with van der Waals surface area (Å²) < 4.78 is 25.8. The minimum atomic E-state index is -3.68. The molecule has 3 aromatic rings. The topological polar surface area (TPSA) is 54.5 Å². The number of halogens is 1. The van der Waals surface area contributed by atoms with Crippen LogP contribution in [0.4, 0.5) is 11.4 Å². The van der Waals surface area contributed by atoms with E-state index in [1.165, 1.54) is 17.0 Å². The minimum absolute atomic E-state index is 0.115. The third-order valence-electron chi connectivity index (χ3n) is 4.07. The van der Waals surface area contributed by atoms with Crippen LogP contribution in [0.2, 0.25) is 5.02 Å². The fraction of sp³-hybridized carbons (Fsp3) is 0. The first-order chi connectivity index (χ1) is 12.0. The molecular formula is C19H12ClNO3S. The van der Waals surface area contributed by atoms with Crippen LogP contribution in [0.25, 0.3) is 0 Å². The maximum atomic E-state index is 13.2. The Balaban J connectivity index is 1.99. The number of rotatable bonds is 1. The minimum Gasteiger partial charge on any atom is -0.274 e. The molecule has 1 aliphatic rings. The smallest absolute Gasteiger partial charge is 0.262 e. The molecule has 0 fully saturated rings. The first-order valence-electron chi connectivity index (χ1n) is 7.53. The number of para-hydroxylation sites is 2. The number of carbonyl (C=O) groups is 1. The zero-order valence-electron chi connectivity index (χ0n) is 12.9. The fourth-order valence-corrected chi connectivity index (χ4v) is 4.77. The van der Waals surface area contributed by atoms with Crippen molar-refractivity contribution in [2.75, 3.05) is 4.90 Å². The van der Waals surface area contributed by atoms with E-state index >= 15 is 0 Å². The second-order valence-electron chi connectivity index (χ2n) is 5.59. The van der Waals surface area contributed by atoms with Crippen molar-refractivity contribution in [2.24, 2.45) is 0 Å². The van der Waals surface area contributed by atoms with Crippen LogP contribution >= 0.6 is 11.6 Å². The van der Waals surface area contributed by atoms with Crippen LogP contribution in [0.1, 0.15) is 10.4 Å². The van der Waals surface area contributed by atoms with Gasteiger partial charge in [0.2, 0.25) is 9.84 Å². The Bertz CT molecular complexity index is 1060. The Hall–Kier alpha value is -2.63. The number of sulfone groups is 1. The largest absolute Gasteiger partial charge is 0.274 e. The van der Waals surface area contributed by atoms with Crippen LogP contribution in [0.5, 0.6) is 0 Å². The third-order valence-corrected chi connectivity index (χ3v) is 6.15. The van der Waals surface area contributed by atoms with Crippen molar-refractivity contribution in [2.45, 2.75) is 9.79 Å². The molecule has 1 heterocycles. The van der Waals surface area contributed by atoms with Gasteiger partial charge in [0.1, 0.15) is 0 Å². The average Bonchev–Trinajstić information content (AvgIpc) is 2.62. The van der Waals surface area contributed by atoms with Crippen molar-refractivity contribution in [1.82, 2.24) is 0 Å². The molecule has 0 radical (unpaired) electrons. The molecule has 1 aliphatic heterocycles. The van der Waals surface area contributed by atoms with E-state index in [2.05, 4.69) is 0 Å². The summed E-state index contributed by atoms with van der Waals surface area (Å²) in [5.74, 6) is -0.336. The lowest BCUT2D eigenvalue weighted by Gasteiger charge is -2.31. The van der Waals surface area contributed by atoms with Gasteiger partial charge in [0, 0.05) is 10.6 Å². The van der Waals surface area contributed by atoms with E-state index in [1.54, 1.807) is 60.7 Å². The Morgan fingerprint density at radius 2 is 1.36 bits per heavy atom. The molecule has 0 N–H and O–H groups in total. The lowest BCUT2D eigenvalue weighted by Crippen LogP contribution is -2.31. The maximum absolute atomic E-state index is 13.2. The van der Waals surface area contributed by atoms with Crippen molar-refractivity contribution in [3.63, 3.8) is 0 Å². The summed E-state index contributed by atoms with van der Waals surface area (Å²) in [5.41, 5.74) is 1.06. The molecule has 3 aromatic carbocycles.